The van der Waals surface area contributed by atoms with Crippen LogP contribution in [0.4, 0.5) is 0 Å². The van der Waals surface area contributed by atoms with Crippen LogP contribution in [0.2, 0.25) is 0 Å². The highest BCUT2D eigenvalue weighted by atomic mass is 16.5. The second-order valence-electron chi connectivity index (χ2n) is 4.43. The first-order valence-corrected chi connectivity index (χ1v) is 5.40. The Morgan fingerprint density at radius 2 is 2.07 bits per heavy atom. The van der Waals surface area contributed by atoms with E-state index in [1.165, 1.54) is 0 Å². The van der Waals surface area contributed by atoms with E-state index < -0.39 is 0 Å². The molecular formula is C10H23N3O2. The number of ether oxygens (including phenoxy) is 2. The molecule has 1 aliphatic heterocycles. The van der Waals surface area contributed by atoms with Crippen LogP contribution in [-0.4, -0.2) is 56.5 Å². The summed E-state index contributed by atoms with van der Waals surface area (Å²) in [6.45, 7) is 8.48. The maximum absolute atomic E-state index is 5.56. The maximum Gasteiger partial charge on any atom is 0.0647 e. The van der Waals surface area contributed by atoms with E-state index in [2.05, 4.69) is 24.2 Å². The lowest BCUT2D eigenvalue weighted by Crippen LogP contribution is -2.63. The number of morpholine rings is 1. The van der Waals surface area contributed by atoms with Crippen molar-refractivity contribution >= 4 is 0 Å². The van der Waals surface area contributed by atoms with Crippen molar-refractivity contribution in [3.8, 4) is 0 Å². The van der Waals surface area contributed by atoms with Gasteiger partial charge in [-0.05, 0) is 13.8 Å². The first-order valence-electron chi connectivity index (χ1n) is 5.40. The van der Waals surface area contributed by atoms with Crippen molar-refractivity contribution in [1.29, 1.82) is 0 Å². The largest absolute Gasteiger partial charge is 0.383 e. The lowest BCUT2D eigenvalue weighted by molar-refractivity contribution is -0.0338. The molecule has 0 spiro atoms. The van der Waals surface area contributed by atoms with Crippen LogP contribution in [0.5, 0.6) is 0 Å². The summed E-state index contributed by atoms with van der Waals surface area (Å²) in [6, 6.07) is 0.126. The van der Waals surface area contributed by atoms with Gasteiger partial charge < -0.3 is 9.47 Å². The standard InChI is InChI=1S/C10H23N3O2/c1-10(2,9(12-11)8-14-3)13-4-6-15-7-5-13/h9,12H,4-8,11H2,1-3H3. The Morgan fingerprint density at radius 1 is 1.47 bits per heavy atom. The molecule has 0 amide bonds. The van der Waals surface area contributed by atoms with E-state index in [0.29, 0.717) is 6.61 Å². The molecule has 1 rings (SSSR count). The fraction of sp³-hybridized carbons (Fsp3) is 1.00. The Kier molecular flexibility index (Phi) is 4.95. The van der Waals surface area contributed by atoms with Crippen molar-refractivity contribution in [2.75, 3.05) is 40.0 Å². The van der Waals surface area contributed by atoms with Gasteiger partial charge >= 0.3 is 0 Å². The van der Waals surface area contributed by atoms with Gasteiger partial charge in [0.15, 0.2) is 0 Å². The minimum Gasteiger partial charge on any atom is -0.383 e. The van der Waals surface area contributed by atoms with Gasteiger partial charge in [-0.3, -0.25) is 16.2 Å². The summed E-state index contributed by atoms with van der Waals surface area (Å²) < 4.78 is 10.5. The van der Waals surface area contributed by atoms with Gasteiger partial charge in [0, 0.05) is 25.7 Å². The van der Waals surface area contributed by atoms with Crippen LogP contribution in [0.25, 0.3) is 0 Å². The Morgan fingerprint density at radius 3 is 2.53 bits per heavy atom. The third-order valence-electron chi connectivity index (χ3n) is 3.21. The molecule has 0 aromatic heterocycles. The van der Waals surface area contributed by atoms with Crippen LogP contribution < -0.4 is 11.3 Å². The summed E-state index contributed by atoms with van der Waals surface area (Å²) in [5, 5.41) is 0. The zero-order valence-corrected chi connectivity index (χ0v) is 9.95. The highest BCUT2D eigenvalue weighted by Crippen LogP contribution is 2.20. The average molecular weight is 217 g/mol. The number of methoxy groups -OCH3 is 1. The SMILES string of the molecule is COCC(NN)C(C)(C)N1CCOCC1. The summed E-state index contributed by atoms with van der Waals surface area (Å²) in [7, 11) is 1.69. The molecule has 1 fully saturated rings. The number of nitrogens with one attached hydrogen (secondary N) is 1. The summed E-state index contributed by atoms with van der Waals surface area (Å²) in [6.07, 6.45) is 0. The van der Waals surface area contributed by atoms with Crippen molar-refractivity contribution < 1.29 is 9.47 Å². The topological polar surface area (TPSA) is 59.8 Å². The third-order valence-corrected chi connectivity index (χ3v) is 3.21. The lowest BCUT2D eigenvalue weighted by Gasteiger charge is -2.45. The van der Waals surface area contributed by atoms with E-state index in [-0.39, 0.29) is 11.6 Å². The van der Waals surface area contributed by atoms with Crippen molar-refractivity contribution in [3.63, 3.8) is 0 Å². The summed E-state index contributed by atoms with van der Waals surface area (Å²) in [4.78, 5) is 2.39. The van der Waals surface area contributed by atoms with Gasteiger partial charge in [-0.2, -0.15) is 0 Å². The van der Waals surface area contributed by atoms with Gasteiger partial charge in [-0.25, -0.2) is 0 Å². The number of nitrogens with two attached hydrogens (primary N) is 1. The molecule has 0 aromatic carbocycles. The predicted octanol–water partition coefficient (Wildman–Crippen LogP) is -0.424. The monoisotopic (exact) mass is 217 g/mol. The maximum atomic E-state index is 5.56. The van der Waals surface area contributed by atoms with Gasteiger partial charge in [0.2, 0.25) is 0 Å². The second-order valence-corrected chi connectivity index (χ2v) is 4.43. The molecular weight excluding hydrogens is 194 g/mol. The molecule has 1 atom stereocenters. The minimum atomic E-state index is -0.0193. The number of hydrogen-bond acceptors (Lipinski definition) is 5. The van der Waals surface area contributed by atoms with E-state index in [1.54, 1.807) is 7.11 Å². The van der Waals surface area contributed by atoms with Gasteiger partial charge in [0.1, 0.15) is 0 Å². The predicted molar refractivity (Wildman–Crippen MR) is 59.5 cm³/mol. The number of nitrogens with zero attached hydrogens (tertiary/aromatic N) is 1. The van der Waals surface area contributed by atoms with Crippen molar-refractivity contribution in [3.05, 3.63) is 0 Å². The van der Waals surface area contributed by atoms with Crippen LogP contribution in [0, 0.1) is 0 Å². The van der Waals surface area contributed by atoms with Crippen LogP contribution in [0.15, 0.2) is 0 Å². The molecule has 0 aromatic rings. The molecule has 15 heavy (non-hydrogen) atoms. The molecule has 0 aliphatic carbocycles. The van der Waals surface area contributed by atoms with E-state index in [4.69, 9.17) is 15.3 Å². The van der Waals surface area contributed by atoms with Crippen LogP contribution in [0.3, 0.4) is 0 Å². The number of hydrogen-bond donors (Lipinski definition) is 2. The smallest absolute Gasteiger partial charge is 0.0647 e. The molecule has 0 radical (unpaired) electrons. The molecule has 1 aliphatic rings. The molecule has 5 nitrogen and oxygen atoms in total. The molecule has 3 N–H and O–H groups in total. The zero-order valence-electron chi connectivity index (χ0n) is 9.95. The van der Waals surface area contributed by atoms with Crippen LogP contribution in [0.1, 0.15) is 13.8 Å². The Hall–Kier alpha value is -0.200. The lowest BCUT2D eigenvalue weighted by atomic mass is 9.92. The molecule has 5 heteroatoms. The minimum absolute atomic E-state index is 0.0193. The molecule has 90 valence electrons. The Labute approximate surface area is 91.9 Å². The quantitative estimate of drug-likeness (QED) is 0.483. The van der Waals surface area contributed by atoms with E-state index in [9.17, 15) is 0 Å². The van der Waals surface area contributed by atoms with E-state index in [0.717, 1.165) is 26.3 Å². The normalized spacial score (nSPS) is 21.6. The van der Waals surface area contributed by atoms with Crippen LogP contribution >= 0.6 is 0 Å². The van der Waals surface area contributed by atoms with Crippen molar-refractivity contribution in [2.24, 2.45) is 5.84 Å². The molecule has 1 heterocycles. The van der Waals surface area contributed by atoms with Gasteiger partial charge in [0.05, 0.1) is 25.9 Å². The number of hydrazine groups is 1. The van der Waals surface area contributed by atoms with Gasteiger partial charge in [-0.15, -0.1) is 0 Å². The van der Waals surface area contributed by atoms with Crippen molar-refractivity contribution in [1.82, 2.24) is 10.3 Å². The van der Waals surface area contributed by atoms with Crippen LogP contribution in [-0.2, 0) is 9.47 Å². The second kappa shape index (κ2) is 5.77. The molecule has 0 bridgehead atoms. The highest BCUT2D eigenvalue weighted by molar-refractivity contribution is 4.93. The Balaban J connectivity index is 2.60. The molecule has 1 saturated heterocycles. The fourth-order valence-electron chi connectivity index (χ4n) is 1.98. The molecule has 0 saturated carbocycles. The number of rotatable bonds is 5. The van der Waals surface area contributed by atoms with Gasteiger partial charge in [0.25, 0.3) is 0 Å². The zero-order chi connectivity index (χ0) is 11.3. The van der Waals surface area contributed by atoms with Gasteiger partial charge in [-0.1, -0.05) is 0 Å². The average Bonchev–Trinajstić information content (AvgIpc) is 2.27. The summed E-state index contributed by atoms with van der Waals surface area (Å²) >= 11 is 0. The van der Waals surface area contributed by atoms with E-state index in [1.807, 2.05) is 0 Å². The fourth-order valence-corrected chi connectivity index (χ4v) is 1.98. The molecule has 1 unspecified atom stereocenters. The highest BCUT2D eigenvalue weighted by Gasteiger charge is 2.35. The van der Waals surface area contributed by atoms with E-state index >= 15 is 0 Å². The summed E-state index contributed by atoms with van der Waals surface area (Å²) in [5.74, 6) is 5.56. The first kappa shape index (κ1) is 12.9. The first-order chi connectivity index (χ1) is 7.12. The third kappa shape index (κ3) is 3.12. The van der Waals surface area contributed by atoms with Crippen molar-refractivity contribution in [2.45, 2.75) is 25.4 Å². The summed E-state index contributed by atoms with van der Waals surface area (Å²) in [5.41, 5.74) is 2.81. The Bertz CT molecular complexity index is 175.